The summed E-state index contributed by atoms with van der Waals surface area (Å²) in [5.41, 5.74) is 5.04. The molecule has 0 aliphatic carbocycles. The zero-order valence-corrected chi connectivity index (χ0v) is 16.7. The van der Waals surface area contributed by atoms with Gasteiger partial charge in [-0.1, -0.05) is 47.7 Å². The van der Waals surface area contributed by atoms with Crippen molar-refractivity contribution in [3.05, 3.63) is 47.2 Å². The molecule has 0 unspecified atom stereocenters. The molecule has 0 bridgehead atoms. The van der Waals surface area contributed by atoms with E-state index in [1.54, 1.807) is 11.8 Å². The monoisotopic (exact) mass is 407 g/mol. The SMILES string of the molecule is Cc1ccc(CSc2nsnc2C2=CCCN(C)C2)cc1.O=C(O)C(=O)O. The zero-order chi connectivity index (χ0) is 19.8. The van der Waals surface area contributed by atoms with Crippen LogP contribution in [0.1, 0.15) is 23.2 Å². The maximum absolute atomic E-state index is 9.10. The lowest BCUT2D eigenvalue weighted by molar-refractivity contribution is -0.159. The number of aryl methyl sites for hydroxylation is 1. The maximum Gasteiger partial charge on any atom is 0.414 e. The molecule has 0 fully saturated rings. The number of carboxylic acids is 2. The standard InChI is InChI=1S/C16H19N3S2.C2H2O4/c1-12-5-7-13(8-6-12)11-20-16-15(17-21-18-16)14-4-3-9-19(2)10-14;3-1(4)2(5)6/h4-8H,3,9-11H2,1-2H3;(H,3,4)(H,5,6). The van der Waals surface area contributed by atoms with Crippen molar-refractivity contribution in [2.45, 2.75) is 24.1 Å². The Kier molecular flexibility index (Phi) is 7.96. The molecular formula is C18H21N3O4S2. The summed E-state index contributed by atoms with van der Waals surface area (Å²) < 4.78 is 9.00. The molecule has 0 saturated heterocycles. The van der Waals surface area contributed by atoms with Crippen LogP contribution in [0.25, 0.3) is 5.57 Å². The second-order valence-electron chi connectivity index (χ2n) is 6.06. The Balaban J connectivity index is 0.000000380. The molecule has 1 aliphatic heterocycles. The number of carboxylic acid groups (broad SMARTS) is 2. The molecule has 0 spiro atoms. The topological polar surface area (TPSA) is 104 Å². The Bertz CT molecular complexity index is 806. The quantitative estimate of drug-likeness (QED) is 0.589. The molecule has 2 heterocycles. The second-order valence-corrected chi connectivity index (χ2v) is 7.55. The summed E-state index contributed by atoms with van der Waals surface area (Å²) in [6.07, 6.45) is 3.41. The van der Waals surface area contributed by atoms with Gasteiger partial charge >= 0.3 is 11.9 Å². The molecule has 0 saturated carbocycles. The van der Waals surface area contributed by atoms with Crippen LogP contribution in [0.15, 0.2) is 35.4 Å². The van der Waals surface area contributed by atoms with Crippen molar-refractivity contribution in [3.8, 4) is 0 Å². The zero-order valence-electron chi connectivity index (χ0n) is 15.1. The van der Waals surface area contributed by atoms with Crippen LogP contribution in [-0.4, -0.2) is 55.9 Å². The number of hydrogen-bond donors (Lipinski definition) is 2. The summed E-state index contributed by atoms with van der Waals surface area (Å²) in [5.74, 6) is -2.70. The average Bonchev–Trinajstić information content (AvgIpc) is 3.10. The van der Waals surface area contributed by atoms with E-state index in [4.69, 9.17) is 19.8 Å². The van der Waals surface area contributed by atoms with Crippen LogP contribution in [0.4, 0.5) is 0 Å². The van der Waals surface area contributed by atoms with E-state index in [1.165, 1.54) is 28.4 Å². The van der Waals surface area contributed by atoms with E-state index >= 15 is 0 Å². The smallest absolute Gasteiger partial charge is 0.414 e. The van der Waals surface area contributed by atoms with Crippen LogP contribution in [0, 0.1) is 6.92 Å². The summed E-state index contributed by atoms with van der Waals surface area (Å²) in [6.45, 7) is 4.22. The normalized spacial score (nSPS) is 14.1. The number of hydrogen-bond acceptors (Lipinski definition) is 7. The number of carbonyl (C=O) groups is 2. The van der Waals surface area contributed by atoms with Crippen LogP contribution >= 0.6 is 23.5 Å². The molecule has 7 nitrogen and oxygen atoms in total. The predicted molar refractivity (Wildman–Crippen MR) is 106 cm³/mol. The number of benzene rings is 1. The third kappa shape index (κ3) is 6.78. The van der Waals surface area contributed by atoms with Crippen LogP contribution < -0.4 is 0 Å². The van der Waals surface area contributed by atoms with Crippen LogP contribution in [-0.2, 0) is 15.3 Å². The van der Waals surface area contributed by atoms with E-state index in [9.17, 15) is 0 Å². The highest BCUT2D eigenvalue weighted by Gasteiger charge is 2.17. The minimum absolute atomic E-state index is 0.946. The van der Waals surface area contributed by atoms with Gasteiger partial charge in [0.1, 0.15) is 10.7 Å². The Hall–Kier alpha value is -2.23. The Morgan fingerprint density at radius 3 is 2.44 bits per heavy atom. The number of aliphatic carboxylic acids is 2. The molecule has 0 radical (unpaired) electrons. The predicted octanol–water partition coefficient (Wildman–Crippen LogP) is 3.01. The van der Waals surface area contributed by atoms with Gasteiger partial charge in [-0.2, -0.15) is 8.75 Å². The lowest BCUT2D eigenvalue weighted by Crippen LogP contribution is -2.25. The van der Waals surface area contributed by atoms with Gasteiger partial charge in [0.15, 0.2) is 0 Å². The van der Waals surface area contributed by atoms with Crippen molar-refractivity contribution in [3.63, 3.8) is 0 Å². The number of aromatic nitrogens is 2. The summed E-state index contributed by atoms with van der Waals surface area (Å²) in [5, 5.41) is 15.9. The molecule has 27 heavy (non-hydrogen) atoms. The van der Waals surface area contributed by atoms with E-state index in [0.717, 1.165) is 36.0 Å². The largest absolute Gasteiger partial charge is 0.473 e. The number of thioether (sulfide) groups is 1. The van der Waals surface area contributed by atoms with Crippen molar-refractivity contribution >= 4 is 41.0 Å². The van der Waals surface area contributed by atoms with Crippen LogP contribution in [0.3, 0.4) is 0 Å². The van der Waals surface area contributed by atoms with Crippen molar-refractivity contribution in [2.75, 3.05) is 20.1 Å². The highest BCUT2D eigenvalue weighted by atomic mass is 32.2. The number of likely N-dealkylation sites (N-methyl/N-ethyl adjacent to an activating group) is 1. The van der Waals surface area contributed by atoms with E-state index in [0.29, 0.717) is 0 Å². The van der Waals surface area contributed by atoms with E-state index in [1.807, 2.05) is 0 Å². The van der Waals surface area contributed by atoms with Gasteiger partial charge in [-0.15, -0.1) is 0 Å². The van der Waals surface area contributed by atoms with Gasteiger partial charge in [0.05, 0.1) is 11.7 Å². The second kappa shape index (κ2) is 10.2. The maximum atomic E-state index is 9.10. The fraction of sp³-hybridized carbons (Fsp3) is 0.333. The first kappa shape index (κ1) is 21.1. The third-order valence-corrected chi connectivity index (χ3v) is 5.46. The van der Waals surface area contributed by atoms with Gasteiger partial charge in [0.2, 0.25) is 0 Å². The lowest BCUT2D eigenvalue weighted by Gasteiger charge is -2.22. The molecule has 1 aromatic heterocycles. The fourth-order valence-electron chi connectivity index (χ4n) is 2.37. The summed E-state index contributed by atoms with van der Waals surface area (Å²) >= 11 is 3.10. The molecule has 2 N–H and O–H groups in total. The molecule has 0 atom stereocenters. The Morgan fingerprint density at radius 2 is 1.85 bits per heavy atom. The highest BCUT2D eigenvalue weighted by Crippen LogP contribution is 2.30. The lowest BCUT2D eigenvalue weighted by atomic mass is 10.1. The van der Waals surface area contributed by atoms with Gasteiger partial charge in [0, 0.05) is 18.8 Å². The summed E-state index contributed by atoms with van der Waals surface area (Å²) in [4.78, 5) is 20.5. The van der Waals surface area contributed by atoms with Crippen molar-refractivity contribution < 1.29 is 19.8 Å². The van der Waals surface area contributed by atoms with Gasteiger partial charge < -0.3 is 15.1 Å². The van der Waals surface area contributed by atoms with Crippen LogP contribution in [0.2, 0.25) is 0 Å². The molecule has 1 aliphatic rings. The highest BCUT2D eigenvalue weighted by molar-refractivity contribution is 7.98. The van der Waals surface area contributed by atoms with E-state index < -0.39 is 11.9 Å². The van der Waals surface area contributed by atoms with Crippen molar-refractivity contribution in [2.24, 2.45) is 0 Å². The summed E-state index contributed by atoms with van der Waals surface area (Å²) in [7, 11) is 2.16. The number of rotatable bonds is 4. The number of nitrogens with zero attached hydrogens (tertiary/aromatic N) is 3. The van der Waals surface area contributed by atoms with E-state index in [-0.39, 0.29) is 0 Å². The minimum atomic E-state index is -1.82. The first-order valence-corrected chi connectivity index (χ1v) is 9.93. The van der Waals surface area contributed by atoms with Gasteiger partial charge in [-0.25, -0.2) is 9.59 Å². The molecular weight excluding hydrogens is 386 g/mol. The fourth-order valence-corrected chi connectivity index (χ4v) is 4.04. The van der Waals surface area contributed by atoms with Gasteiger partial charge in [0.25, 0.3) is 0 Å². The van der Waals surface area contributed by atoms with Gasteiger partial charge in [-0.05, 0) is 31.5 Å². The first-order valence-electron chi connectivity index (χ1n) is 8.22. The summed E-state index contributed by atoms with van der Waals surface area (Å²) in [6, 6.07) is 8.70. The van der Waals surface area contributed by atoms with Gasteiger partial charge in [-0.3, -0.25) is 0 Å². The third-order valence-electron chi connectivity index (χ3n) is 3.78. The minimum Gasteiger partial charge on any atom is -0.473 e. The molecule has 3 rings (SSSR count). The van der Waals surface area contributed by atoms with Crippen LogP contribution in [0.5, 0.6) is 0 Å². The Morgan fingerprint density at radius 1 is 1.19 bits per heavy atom. The van der Waals surface area contributed by atoms with Crippen molar-refractivity contribution in [1.82, 2.24) is 13.6 Å². The molecule has 2 aromatic rings. The molecule has 0 amide bonds. The van der Waals surface area contributed by atoms with E-state index in [2.05, 4.69) is 58.0 Å². The average molecular weight is 408 g/mol. The Labute approximate surface area is 166 Å². The van der Waals surface area contributed by atoms with Crippen molar-refractivity contribution in [1.29, 1.82) is 0 Å². The molecule has 144 valence electrons. The molecule has 9 heteroatoms. The molecule has 1 aromatic carbocycles. The first-order chi connectivity index (χ1) is 12.9.